The highest BCUT2D eigenvalue weighted by Crippen LogP contribution is 2.23. The van der Waals surface area contributed by atoms with Crippen LogP contribution in [0.3, 0.4) is 0 Å². The summed E-state index contributed by atoms with van der Waals surface area (Å²) < 4.78 is 5.76. The molecule has 3 rings (SSSR count). The predicted molar refractivity (Wildman–Crippen MR) is 77.2 cm³/mol. The number of hydrogen-bond donors (Lipinski definition) is 1. The van der Waals surface area contributed by atoms with Crippen molar-refractivity contribution in [3.05, 3.63) is 47.4 Å². The first-order valence-corrected chi connectivity index (χ1v) is 6.74. The molecule has 0 amide bonds. The number of benzene rings is 1. The van der Waals surface area contributed by atoms with E-state index < -0.39 is 0 Å². The van der Waals surface area contributed by atoms with E-state index >= 15 is 0 Å². The lowest BCUT2D eigenvalue weighted by atomic mass is 10.2. The second-order valence-corrected chi connectivity index (χ2v) is 5.02. The maximum Gasteiger partial charge on any atom is 0.144 e. The first kappa shape index (κ1) is 12.9. The van der Waals surface area contributed by atoms with Crippen LogP contribution in [0.1, 0.15) is 17.1 Å². The fourth-order valence-corrected chi connectivity index (χ4v) is 2.44. The molecule has 0 unspecified atom stereocenters. The van der Waals surface area contributed by atoms with Crippen molar-refractivity contribution in [1.82, 2.24) is 14.9 Å². The van der Waals surface area contributed by atoms with Crippen molar-refractivity contribution < 1.29 is 4.74 Å². The molecule has 1 aromatic carbocycles. The Morgan fingerprint density at radius 2 is 2.15 bits per heavy atom. The Bertz CT molecular complexity index is 594. The topological polar surface area (TPSA) is 64.3 Å². The van der Waals surface area contributed by atoms with Crippen molar-refractivity contribution in [3.63, 3.8) is 0 Å². The van der Waals surface area contributed by atoms with E-state index in [0.29, 0.717) is 19.0 Å². The van der Waals surface area contributed by atoms with Crippen LogP contribution in [0.25, 0.3) is 0 Å². The van der Waals surface area contributed by atoms with Gasteiger partial charge in [-0.3, -0.25) is 4.90 Å². The maximum absolute atomic E-state index is 5.78. The second kappa shape index (κ2) is 5.46. The molecule has 2 N–H and O–H groups in total. The number of aryl methyl sites for hydroxylation is 1. The SMILES string of the molecule is Cc1cc(N)nc(CN2CCOc3ccccc3C2)n1. The number of rotatable bonds is 2. The van der Waals surface area contributed by atoms with Crippen molar-refractivity contribution in [3.8, 4) is 5.75 Å². The number of aromatic nitrogens is 2. The Morgan fingerprint density at radius 3 is 3.00 bits per heavy atom. The number of nitrogens with zero attached hydrogens (tertiary/aromatic N) is 3. The third-order valence-electron chi connectivity index (χ3n) is 3.32. The number of hydrogen-bond acceptors (Lipinski definition) is 5. The molecule has 0 atom stereocenters. The van der Waals surface area contributed by atoms with Crippen LogP contribution in [0.4, 0.5) is 5.82 Å². The lowest BCUT2D eigenvalue weighted by Gasteiger charge is -2.18. The average molecular weight is 270 g/mol. The Hall–Kier alpha value is -2.14. The summed E-state index contributed by atoms with van der Waals surface area (Å²) in [5.41, 5.74) is 7.88. The summed E-state index contributed by atoms with van der Waals surface area (Å²) in [5, 5.41) is 0. The van der Waals surface area contributed by atoms with Crippen LogP contribution in [-0.4, -0.2) is 28.0 Å². The molecule has 1 aliphatic rings. The number of nitrogen functional groups attached to an aromatic ring is 1. The molecule has 5 heteroatoms. The van der Waals surface area contributed by atoms with Gasteiger partial charge in [-0.25, -0.2) is 9.97 Å². The monoisotopic (exact) mass is 270 g/mol. The second-order valence-electron chi connectivity index (χ2n) is 5.02. The zero-order chi connectivity index (χ0) is 13.9. The average Bonchev–Trinajstić information content (AvgIpc) is 2.59. The molecule has 2 heterocycles. The molecule has 104 valence electrons. The normalized spacial score (nSPS) is 15.2. The van der Waals surface area contributed by atoms with Crippen LogP contribution in [0, 0.1) is 6.92 Å². The van der Waals surface area contributed by atoms with Crippen molar-refractivity contribution in [2.45, 2.75) is 20.0 Å². The van der Waals surface area contributed by atoms with E-state index in [-0.39, 0.29) is 0 Å². The smallest absolute Gasteiger partial charge is 0.144 e. The van der Waals surface area contributed by atoms with E-state index in [9.17, 15) is 0 Å². The van der Waals surface area contributed by atoms with Gasteiger partial charge in [-0.15, -0.1) is 0 Å². The van der Waals surface area contributed by atoms with E-state index in [1.165, 1.54) is 5.56 Å². The van der Waals surface area contributed by atoms with E-state index in [1.807, 2.05) is 25.1 Å². The van der Waals surface area contributed by atoms with Crippen LogP contribution in [-0.2, 0) is 13.1 Å². The summed E-state index contributed by atoms with van der Waals surface area (Å²) in [7, 11) is 0. The van der Waals surface area contributed by atoms with Gasteiger partial charge in [0.05, 0.1) is 6.54 Å². The van der Waals surface area contributed by atoms with Gasteiger partial charge >= 0.3 is 0 Å². The maximum atomic E-state index is 5.78. The van der Waals surface area contributed by atoms with Crippen LogP contribution < -0.4 is 10.5 Å². The standard InChI is InChI=1S/C15H18N4O/c1-11-8-14(16)18-15(17-11)10-19-6-7-20-13-5-3-2-4-12(13)9-19/h2-5,8H,6-7,9-10H2,1H3,(H2,16,17,18). The summed E-state index contributed by atoms with van der Waals surface area (Å²) in [4.78, 5) is 11.0. The lowest BCUT2D eigenvalue weighted by molar-refractivity contribution is 0.215. The minimum Gasteiger partial charge on any atom is -0.492 e. The Labute approximate surface area is 118 Å². The van der Waals surface area contributed by atoms with Gasteiger partial charge in [-0.2, -0.15) is 0 Å². The van der Waals surface area contributed by atoms with Crippen LogP contribution >= 0.6 is 0 Å². The van der Waals surface area contributed by atoms with Crippen molar-refractivity contribution in [2.75, 3.05) is 18.9 Å². The number of nitrogens with two attached hydrogens (primary N) is 1. The molecule has 2 aromatic rings. The van der Waals surface area contributed by atoms with Crippen molar-refractivity contribution in [1.29, 1.82) is 0 Å². The van der Waals surface area contributed by atoms with Gasteiger partial charge in [0.15, 0.2) is 0 Å². The molecule has 0 fully saturated rings. The highest BCUT2D eigenvalue weighted by atomic mass is 16.5. The van der Waals surface area contributed by atoms with Gasteiger partial charge in [0.2, 0.25) is 0 Å². The molecule has 0 spiro atoms. The fourth-order valence-electron chi connectivity index (χ4n) is 2.44. The van der Waals surface area contributed by atoms with Gasteiger partial charge in [0.25, 0.3) is 0 Å². The quantitative estimate of drug-likeness (QED) is 0.901. The zero-order valence-corrected chi connectivity index (χ0v) is 11.5. The van der Waals surface area contributed by atoms with Crippen molar-refractivity contribution >= 4 is 5.82 Å². The molecule has 0 bridgehead atoms. The van der Waals surface area contributed by atoms with Gasteiger partial charge in [0.1, 0.15) is 24.0 Å². The molecular formula is C15H18N4O. The van der Waals surface area contributed by atoms with Gasteiger partial charge in [-0.05, 0) is 13.0 Å². The fraction of sp³-hybridized carbons (Fsp3) is 0.333. The first-order chi connectivity index (χ1) is 9.70. The summed E-state index contributed by atoms with van der Waals surface area (Å²) in [6.45, 7) is 4.99. The van der Waals surface area contributed by atoms with E-state index in [1.54, 1.807) is 6.07 Å². The number of ether oxygens (including phenoxy) is 1. The summed E-state index contributed by atoms with van der Waals surface area (Å²) >= 11 is 0. The Kier molecular flexibility index (Phi) is 3.52. The van der Waals surface area contributed by atoms with E-state index in [4.69, 9.17) is 10.5 Å². The molecule has 0 aliphatic carbocycles. The molecule has 0 saturated carbocycles. The molecule has 5 nitrogen and oxygen atoms in total. The lowest BCUT2D eigenvalue weighted by Crippen LogP contribution is -2.26. The van der Waals surface area contributed by atoms with Gasteiger partial charge in [0, 0.05) is 30.4 Å². The number of fused-ring (bicyclic) bond motifs is 1. The van der Waals surface area contributed by atoms with Crippen LogP contribution in [0.15, 0.2) is 30.3 Å². The minimum atomic E-state index is 0.527. The van der Waals surface area contributed by atoms with E-state index in [2.05, 4.69) is 20.9 Å². The summed E-state index contributed by atoms with van der Waals surface area (Å²) in [5.74, 6) is 2.26. The Morgan fingerprint density at radius 1 is 1.30 bits per heavy atom. The highest BCUT2D eigenvalue weighted by Gasteiger charge is 2.16. The first-order valence-electron chi connectivity index (χ1n) is 6.74. The van der Waals surface area contributed by atoms with Crippen molar-refractivity contribution in [2.24, 2.45) is 0 Å². The number of anilines is 1. The van der Waals surface area contributed by atoms with Gasteiger partial charge in [-0.1, -0.05) is 18.2 Å². The van der Waals surface area contributed by atoms with Crippen LogP contribution in [0.2, 0.25) is 0 Å². The number of para-hydroxylation sites is 1. The molecule has 0 radical (unpaired) electrons. The predicted octanol–water partition coefficient (Wildman–Crippen LogP) is 1.76. The third-order valence-corrected chi connectivity index (χ3v) is 3.32. The molecule has 1 aliphatic heterocycles. The van der Waals surface area contributed by atoms with Crippen LogP contribution in [0.5, 0.6) is 5.75 Å². The molecule has 20 heavy (non-hydrogen) atoms. The zero-order valence-electron chi connectivity index (χ0n) is 11.5. The molecular weight excluding hydrogens is 252 g/mol. The van der Waals surface area contributed by atoms with Gasteiger partial charge < -0.3 is 10.5 Å². The molecule has 1 aromatic heterocycles. The van der Waals surface area contributed by atoms with E-state index in [0.717, 1.165) is 30.4 Å². The Balaban J connectivity index is 1.78. The summed E-state index contributed by atoms with van der Waals surface area (Å²) in [6, 6.07) is 9.93. The minimum absolute atomic E-state index is 0.527. The largest absolute Gasteiger partial charge is 0.492 e. The highest BCUT2D eigenvalue weighted by molar-refractivity contribution is 5.34. The molecule has 0 saturated heterocycles. The summed E-state index contributed by atoms with van der Waals surface area (Å²) in [6.07, 6.45) is 0. The third kappa shape index (κ3) is 2.88.